The molecule has 0 amide bonds. The minimum absolute atomic E-state index is 0.429. The fourth-order valence-corrected chi connectivity index (χ4v) is 2.62. The highest BCUT2D eigenvalue weighted by molar-refractivity contribution is 7.09. The van der Waals surface area contributed by atoms with Crippen LogP contribution in [0.25, 0.3) is 5.78 Å². The van der Waals surface area contributed by atoms with Crippen molar-refractivity contribution in [3.63, 3.8) is 0 Å². The van der Waals surface area contributed by atoms with Gasteiger partial charge >= 0.3 is 0 Å². The molecule has 0 fully saturated rings. The summed E-state index contributed by atoms with van der Waals surface area (Å²) in [5, 5.41) is 10.9. The van der Waals surface area contributed by atoms with Crippen molar-refractivity contribution >= 4 is 34.5 Å². The molecular formula is C11H11ClN6S. The first-order valence-electron chi connectivity index (χ1n) is 5.66. The molecule has 6 nitrogen and oxygen atoms in total. The molecule has 19 heavy (non-hydrogen) atoms. The van der Waals surface area contributed by atoms with E-state index in [1.54, 1.807) is 15.9 Å². The molecule has 0 aliphatic rings. The molecule has 98 valence electrons. The van der Waals surface area contributed by atoms with Crippen LogP contribution in [0.1, 0.15) is 16.3 Å². The van der Waals surface area contributed by atoms with E-state index in [2.05, 4.69) is 25.4 Å². The van der Waals surface area contributed by atoms with Crippen molar-refractivity contribution in [1.29, 1.82) is 0 Å². The first-order valence-corrected chi connectivity index (χ1v) is 6.91. The minimum atomic E-state index is 0.429. The van der Waals surface area contributed by atoms with Crippen LogP contribution >= 0.6 is 22.9 Å². The fourth-order valence-electron chi connectivity index (χ4n) is 1.75. The van der Waals surface area contributed by atoms with Crippen LogP contribution in [0.4, 0.5) is 5.82 Å². The zero-order valence-corrected chi connectivity index (χ0v) is 12.0. The number of nitrogens with zero attached hydrogens (tertiary/aromatic N) is 5. The van der Waals surface area contributed by atoms with Gasteiger partial charge in [-0.1, -0.05) is 11.6 Å². The van der Waals surface area contributed by atoms with Crippen molar-refractivity contribution in [1.82, 2.24) is 24.6 Å². The second-order valence-electron chi connectivity index (χ2n) is 4.08. The average Bonchev–Trinajstić information content (AvgIpc) is 2.99. The van der Waals surface area contributed by atoms with Gasteiger partial charge in [0, 0.05) is 16.6 Å². The number of thiazole rings is 1. The number of fused-ring (bicyclic) bond motifs is 1. The summed E-state index contributed by atoms with van der Waals surface area (Å²) >= 11 is 7.71. The van der Waals surface area contributed by atoms with E-state index >= 15 is 0 Å². The Morgan fingerprint density at radius 1 is 1.37 bits per heavy atom. The molecule has 0 unspecified atom stereocenters. The van der Waals surface area contributed by atoms with Crippen LogP contribution in [0.15, 0.2) is 11.7 Å². The van der Waals surface area contributed by atoms with E-state index < -0.39 is 0 Å². The van der Waals surface area contributed by atoms with Crippen molar-refractivity contribution in [2.24, 2.45) is 0 Å². The molecular weight excluding hydrogens is 284 g/mol. The predicted molar refractivity (Wildman–Crippen MR) is 74.7 cm³/mol. The van der Waals surface area contributed by atoms with Gasteiger partial charge in [-0.25, -0.2) is 4.98 Å². The van der Waals surface area contributed by atoms with Crippen molar-refractivity contribution in [2.45, 2.75) is 20.4 Å². The summed E-state index contributed by atoms with van der Waals surface area (Å²) < 4.78 is 1.64. The summed E-state index contributed by atoms with van der Waals surface area (Å²) in [6.07, 6.45) is 1.46. The quantitative estimate of drug-likeness (QED) is 0.752. The van der Waals surface area contributed by atoms with Crippen LogP contribution in [0.3, 0.4) is 0 Å². The molecule has 3 aromatic heterocycles. The largest absolute Gasteiger partial charge is 0.363 e. The summed E-state index contributed by atoms with van der Waals surface area (Å²) in [5.41, 5.74) is 1.87. The zero-order valence-electron chi connectivity index (χ0n) is 10.4. The van der Waals surface area contributed by atoms with Gasteiger partial charge in [0.15, 0.2) is 0 Å². The normalized spacial score (nSPS) is 11.1. The van der Waals surface area contributed by atoms with Gasteiger partial charge in [0.1, 0.15) is 22.3 Å². The molecule has 3 heterocycles. The van der Waals surface area contributed by atoms with E-state index in [1.165, 1.54) is 6.33 Å². The third-order valence-electron chi connectivity index (χ3n) is 2.68. The second-order valence-corrected chi connectivity index (χ2v) is 5.38. The second kappa shape index (κ2) is 4.75. The molecule has 1 N–H and O–H groups in total. The summed E-state index contributed by atoms with van der Waals surface area (Å²) in [7, 11) is 0. The number of aromatic nitrogens is 5. The summed E-state index contributed by atoms with van der Waals surface area (Å²) in [4.78, 5) is 12.6. The Balaban J connectivity index is 1.95. The Labute approximate surface area is 118 Å². The molecule has 0 bridgehead atoms. The summed E-state index contributed by atoms with van der Waals surface area (Å²) in [6, 6.07) is 0. The number of nitrogens with one attached hydrogen (secondary N) is 1. The molecule has 0 atom stereocenters. The van der Waals surface area contributed by atoms with Gasteiger partial charge in [0.05, 0.1) is 6.54 Å². The van der Waals surface area contributed by atoms with Gasteiger partial charge in [-0.15, -0.1) is 11.3 Å². The molecule has 0 saturated carbocycles. The smallest absolute Gasteiger partial charge is 0.255 e. The molecule has 0 radical (unpaired) electrons. The van der Waals surface area contributed by atoms with Gasteiger partial charge in [-0.05, 0) is 13.8 Å². The van der Waals surface area contributed by atoms with E-state index in [9.17, 15) is 0 Å². The predicted octanol–water partition coefficient (Wildman–Crippen LogP) is 2.46. The Bertz CT molecular complexity index is 734. The van der Waals surface area contributed by atoms with Gasteiger partial charge < -0.3 is 5.32 Å². The summed E-state index contributed by atoms with van der Waals surface area (Å²) in [6.45, 7) is 4.49. The maximum Gasteiger partial charge on any atom is 0.255 e. The molecule has 3 aromatic rings. The number of hydrogen-bond acceptors (Lipinski definition) is 6. The number of halogens is 1. The van der Waals surface area contributed by atoms with E-state index in [0.717, 1.165) is 22.1 Å². The Morgan fingerprint density at radius 3 is 2.95 bits per heavy atom. The lowest BCUT2D eigenvalue weighted by atomic mass is 10.3. The van der Waals surface area contributed by atoms with Crippen molar-refractivity contribution in [2.75, 3.05) is 5.32 Å². The van der Waals surface area contributed by atoms with Crippen LogP contribution in [0.5, 0.6) is 0 Å². The SMILES string of the molecule is Cc1csc(CNc2c(C)c(Cl)nc3ncnn23)n1. The molecule has 0 aromatic carbocycles. The van der Waals surface area contributed by atoms with Gasteiger partial charge in [-0.3, -0.25) is 0 Å². The molecule has 8 heteroatoms. The van der Waals surface area contributed by atoms with Crippen molar-refractivity contribution in [3.05, 3.63) is 33.1 Å². The van der Waals surface area contributed by atoms with E-state index in [0.29, 0.717) is 17.5 Å². The molecule has 3 rings (SSSR count). The number of rotatable bonds is 3. The van der Waals surface area contributed by atoms with Crippen LogP contribution in [-0.2, 0) is 6.54 Å². The van der Waals surface area contributed by atoms with Crippen LogP contribution in [-0.4, -0.2) is 24.6 Å². The Morgan fingerprint density at radius 2 is 2.21 bits per heavy atom. The highest BCUT2D eigenvalue weighted by Crippen LogP contribution is 2.22. The first-order chi connectivity index (χ1) is 9.15. The van der Waals surface area contributed by atoms with Gasteiger partial charge in [0.2, 0.25) is 0 Å². The first kappa shape index (κ1) is 12.3. The summed E-state index contributed by atoms with van der Waals surface area (Å²) in [5.74, 6) is 1.27. The van der Waals surface area contributed by atoms with Crippen molar-refractivity contribution in [3.8, 4) is 0 Å². The van der Waals surface area contributed by atoms with E-state index in [-0.39, 0.29) is 0 Å². The zero-order chi connectivity index (χ0) is 13.4. The van der Waals surface area contributed by atoms with Crippen LogP contribution < -0.4 is 5.32 Å². The molecule has 0 saturated heterocycles. The third-order valence-corrected chi connectivity index (χ3v) is 4.01. The van der Waals surface area contributed by atoms with Gasteiger partial charge in [0.25, 0.3) is 5.78 Å². The standard InChI is InChI=1S/C11H11ClN6S/c1-6-4-19-8(16-6)3-13-10-7(2)9(12)17-11-14-5-15-18(10)11/h4-5,13H,3H2,1-2H3. The monoisotopic (exact) mass is 294 g/mol. The Kier molecular flexibility index (Phi) is 3.08. The lowest BCUT2D eigenvalue weighted by Gasteiger charge is -2.10. The number of anilines is 1. The maximum absolute atomic E-state index is 6.09. The van der Waals surface area contributed by atoms with E-state index in [4.69, 9.17) is 11.6 Å². The van der Waals surface area contributed by atoms with Crippen LogP contribution in [0.2, 0.25) is 5.15 Å². The highest BCUT2D eigenvalue weighted by Gasteiger charge is 2.12. The fraction of sp³-hybridized carbons (Fsp3) is 0.273. The highest BCUT2D eigenvalue weighted by atomic mass is 35.5. The Hall–Kier alpha value is -1.73. The van der Waals surface area contributed by atoms with Gasteiger partial charge in [-0.2, -0.15) is 19.6 Å². The minimum Gasteiger partial charge on any atom is -0.363 e. The molecule has 0 aliphatic carbocycles. The number of hydrogen-bond donors (Lipinski definition) is 1. The average molecular weight is 295 g/mol. The number of aryl methyl sites for hydroxylation is 1. The lowest BCUT2D eigenvalue weighted by Crippen LogP contribution is -2.08. The third kappa shape index (κ3) is 2.26. The lowest BCUT2D eigenvalue weighted by molar-refractivity contribution is 0.911. The topological polar surface area (TPSA) is 68.0 Å². The molecule has 0 spiro atoms. The molecule has 0 aliphatic heterocycles. The maximum atomic E-state index is 6.09. The van der Waals surface area contributed by atoms with E-state index in [1.807, 2.05) is 19.2 Å². The van der Waals surface area contributed by atoms with Crippen LogP contribution in [0, 0.1) is 13.8 Å². The van der Waals surface area contributed by atoms with Crippen molar-refractivity contribution < 1.29 is 0 Å².